The molecule has 1 unspecified atom stereocenters. The number of carbonyl (C=O) groups is 1. The van der Waals surface area contributed by atoms with Crippen LogP contribution >= 0.6 is 0 Å². The van der Waals surface area contributed by atoms with Crippen LogP contribution in [0.15, 0.2) is 30.7 Å². The number of rotatable bonds is 3. The third-order valence-corrected chi connectivity index (χ3v) is 2.95. The Hall–Kier alpha value is -2.17. The molecule has 0 aliphatic carbocycles. The summed E-state index contributed by atoms with van der Waals surface area (Å²) in [5.74, 6) is 0.487. The van der Waals surface area contributed by atoms with Crippen molar-refractivity contribution >= 4 is 6.29 Å². The fraction of sp³-hybridized carbons (Fsp3) is 0.231. The van der Waals surface area contributed by atoms with Gasteiger partial charge in [0.25, 0.3) is 0 Å². The topological polar surface area (TPSA) is 44.1 Å². The Morgan fingerprint density at radius 1 is 1.56 bits per heavy atom. The van der Waals surface area contributed by atoms with Crippen molar-refractivity contribution in [1.82, 2.24) is 9.55 Å². The normalized spacial score (nSPS) is 17.3. The molecule has 2 heterocycles. The van der Waals surface area contributed by atoms with E-state index < -0.39 is 0 Å². The fourth-order valence-corrected chi connectivity index (χ4v) is 2.16. The maximum atomic E-state index is 13.1. The van der Waals surface area contributed by atoms with Gasteiger partial charge in [0, 0.05) is 18.2 Å². The number of fused-ring (bicyclic) bond motifs is 1. The third kappa shape index (κ3) is 1.99. The quantitative estimate of drug-likeness (QED) is 0.776. The summed E-state index contributed by atoms with van der Waals surface area (Å²) in [6.45, 7) is 0.594. The molecule has 0 fully saturated rings. The van der Waals surface area contributed by atoms with Crippen LogP contribution in [0.5, 0.6) is 5.75 Å². The highest BCUT2D eigenvalue weighted by molar-refractivity contribution is 5.70. The first-order chi connectivity index (χ1) is 8.74. The summed E-state index contributed by atoms with van der Waals surface area (Å²) in [6, 6.07) is 4.54. The lowest BCUT2D eigenvalue weighted by atomic mass is 10.1. The zero-order chi connectivity index (χ0) is 12.5. The number of aromatic nitrogens is 2. The highest BCUT2D eigenvalue weighted by Crippen LogP contribution is 2.29. The molecular formula is C13H11FN2O2. The standard InChI is InChI=1S/C13H11FN2O2/c14-10-1-2-13-9(3-10)4-12(18-13)6-16-5-11(7-17)15-8-16/h1-3,5,7-8,12H,4,6H2. The van der Waals surface area contributed by atoms with Crippen LogP contribution in [-0.2, 0) is 13.0 Å². The van der Waals surface area contributed by atoms with Crippen molar-refractivity contribution in [3.63, 3.8) is 0 Å². The van der Waals surface area contributed by atoms with Gasteiger partial charge in [-0.15, -0.1) is 0 Å². The second-order valence-electron chi connectivity index (χ2n) is 4.31. The predicted octanol–water partition coefficient (Wildman–Crippen LogP) is 1.84. The molecule has 0 spiro atoms. The summed E-state index contributed by atoms with van der Waals surface area (Å²) in [4.78, 5) is 14.4. The van der Waals surface area contributed by atoms with E-state index in [1.807, 2.05) is 0 Å². The largest absolute Gasteiger partial charge is 0.488 e. The number of imidazole rings is 1. The Balaban J connectivity index is 1.72. The van der Waals surface area contributed by atoms with Crippen molar-refractivity contribution in [3.8, 4) is 5.75 Å². The Labute approximate surface area is 103 Å². The molecule has 4 nitrogen and oxygen atoms in total. The van der Waals surface area contributed by atoms with Gasteiger partial charge < -0.3 is 9.30 Å². The van der Waals surface area contributed by atoms with Gasteiger partial charge in [0.1, 0.15) is 23.4 Å². The fourth-order valence-electron chi connectivity index (χ4n) is 2.16. The summed E-state index contributed by atoms with van der Waals surface area (Å²) >= 11 is 0. The number of hydrogen-bond acceptors (Lipinski definition) is 3. The summed E-state index contributed by atoms with van der Waals surface area (Å²) in [6.07, 6.45) is 4.59. The van der Waals surface area contributed by atoms with E-state index in [9.17, 15) is 9.18 Å². The average molecular weight is 246 g/mol. The predicted molar refractivity (Wildman–Crippen MR) is 62.1 cm³/mol. The zero-order valence-electron chi connectivity index (χ0n) is 9.54. The minimum atomic E-state index is -0.246. The number of hydrogen-bond donors (Lipinski definition) is 0. The molecule has 0 saturated heterocycles. The molecule has 0 bridgehead atoms. The van der Waals surface area contributed by atoms with E-state index in [1.54, 1.807) is 23.2 Å². The lowest BCUT2D eigenvalue weighted by Crippen LogP contribution is -2.19. The van der Waals surface area contributed by atoms with Crippen LogP contribution in [-0.4, -0.2) is 21.9 Å². The second kappa shape index (κ2) is 4.25. The highest BCUT2D eigenvalue weighted by Gasteiger charge is 2.23. The maximum Gasteiger partial charge on any atom is 0.169 e. The number of carbonyl (C=O) groups excluding carboxylic acids is 1. The van der Waals surface area contributed by atoms with Crippen LogP contribution in [0.2, 0.25) is 0 Å². The van der Waals surface area contributed by atoms with Crippen molar-refractivity contribution in [2.24, 2.45) is 0 Å². The Morgan fingerprint density at radius 2 is 2.44 bits per heavy atom. The monoisotopic (exact) mass is 246 g/mol. The van der Waals surface area contributed by atoms with Crippen LogP contribution < -0.4 is 4.74 Å². The van der Waals surface area contributed by atoms with Gasteiger partial charge in [-0.3, -0.25) is 4.79 Å². The molecular weight excluding hydrogens is 235 g/mol. The SMILES string of the molecule is O=Cc1cn(CC2Cc3cc(F)ccc3O2)cn1. The first-order valence-electron chi connectivity index (χ1n) is 5.66. The molecule has 1 atom stereocenters. The molecule has 92 valence electrons. The van der Waals surface area contributed by atoms with Crippen molar-refractivity contribution in [2.45, 2.75) is 19.1 Å². The van der Waals surface area contributed by atoms with Gasteiger partial charge in [0.2, 0.25) is 0 Å². The third-order valence-electron chi connectivity index (χ3n) is 2.95. The van der Waals surface area contributed by atoms with Crippen LogP contribution in [0.1, 0.15) is 16.1 Å². The molecule has 1 aliphatic heterocycles. The van der Waals surface area contributed by atoms with E-state index in [2.05, 4.69) is 4.98 Å². The van der Waals surface area contributed by atoms with E-state index in [4.69, 9.17) is 4.74 Å². The molecule has 0 radical (unpaired) electrons. The van der Waals surface area contributed by atoms with E-state index in [0.717, 1.165) is 11.3 Å². The van der Waals surface area contributed by atoms with Crippen LogP contribution in [0.25, 0.3) is 0 Å². The van der Waals surface area contributed by atoms with E-state index in [0.29, 0.717) is 24.9 Å². The minimum absolute atomic E-state index is 0.0458. The number of aldehydes is 1. The summed E-state index contributed by atoms with van der Waals surface area (Å²) in [7, 11) is 0. The molecule has 1 aromatic heterocycles. The Bertz CT molecular complexity index is 594. The average Bonchev–Trinajstić information content (AvgIpc) is 2.95. The van der Waals surface area contributed by atoms with Crippen LogP contribution in [0.4, 0.5) is 4.39 Å². The number of nitrogens with zero attached hydrogens (tertiary/aromatic N) is 2. The highest BCUT2D eigenvalue weighted by atomic mass is 19.1. The second-order valence-corrected chi connectivity index (χ2v) is 4.31. The molecule has 3 rings (SSSR count). The molecule has 1 aromatic carbocycles. The Morgan fingerprint density at radius 3 is 3.22 bits per heavy atom. The summed E-state index contributed by atoms with van der Waals surface area (Å²) in [5, 5.41) is 0. The molecule has 1 aliphatic rings. The smallest absolute Gasteiger partial charge is 0.169 e. The van der Waals surface area contributed by atoms with Crippen molar-refractivity contribution < 1.29 is 13.9 Å². The Kier molecular flexibility index (Phi) is 2.59. The number of halogens is 1. The maximum absolute atomic E-state index is 13.1. The van der Waals surface area contributed by atoms with Gasteiger partial charge in [-0.2, -0.15) is 0 Å². The van der Waals surface area contributed by atoms with Crippen LogP contribution in [0, 0.1) is 5.82 Å². The number of benzene rings is 1. The van der Waals surface area contributed by atoms with E-state index in [-0.39, 0.29) is 11.9 Å². The summed E-state index contributed by atoms with van der Waals surface area (Å²) in [5.41, 5.74) is 1.28. The molecule has 0 saturated carbocycles. The lowest BCUT2D eigenvalue weighted by molar-refractivity contribution is 0.111. The first kappa shape index (κ1) is 11.0. The number of ether oxygens (including phenoxy) is 1. The van der Waals surface area contributed by atoms with Crippen molar-refractivity contribution in [1.29, 1.82) is 0 Å². The molecule has 5 heteroatoms. The molecule has 0 amide bonds. The van der Waals surface area contributed by atoms with Gasteiger partial charge in [0.15, 0.2) is 6.29 Å². The van der Waals surface area contributed by atoms with E-state index >= 15 is 0 Å². The molecule has 0 N–H and O–H groups in total. The van der Waals surface area contributed by atoms with Gasteiger partial charge in [0.05, 0.1) is 12.9 Å². The van der Waals surface area contributed by atoms with Crippen molar-refractivity contribution in [2.75, 3.05) is 0 Å². The van der Waals surface area contributed by atoms with Crippen LogP contribution in [0.3, 0.4) is 0 Å². The first-order valence-corrected chi connectivity index (χ1v) is 5.66. The molecule has 18 heavy (non-hydrogen) atoms. The lowest BCUT2D eigenvalue weighted by Gasteiger charge is -2.10. The van der Waals surface area contributed by atoms with Crippen molar-refractivity contribution in [3.05, 3.63) is 47.8 Å². The van der Waals surface area contributed by atoms with E-state index in [1.165, 1.54) is 12.1 Å². The van der Waals surface area contributed by atoms with Gasteiger partial charge in [-0.05, 0) is 18.2 Å². The van der Waals surface area contributed by atoms with Gasteiger partial charge >= 0.3 is 0 Å². The zero-order valence-corrected chi connectivity index (χ0v) is 9.54. The van der Waals surface area contributed by atoms with Gasteiger partial charge in [-0.25, -0.2) is 9.37 Å². The minimum Gasteiger partial charge on any atom is -0.488 e. The van der Waals surface area contributed by atoms with Gasteiger partial charge in [-0.1, -0.05) is 0 Å². The molecule has 2 aromatic rings. The summed E-state index contributed by atoms with van der Waals surface area (Å²) < 4.78 is 20.6.